The molecule has 0 aliphatic carbocycles. The second-order valence-corrected chi connectivity index (χ2v) is 8.04. The minimum atomic E-state index is 0.770. The van der Waals surface area contributed by atoms with Crippen LogP contribution in [0.15, 0.2) is 120 Å². The Morgan fingerprint density at radius 2 is 1.00 bits per heavy atom. The molecule has 1 heterocycles. The van der Waals surface area contributed by atoms with Crippen LogP contribution in [0.25, 0.3) is 55.3 Å². The molecule has 0 atom stereocenters. The molecular formula is C30H21NO. The van der Waals surface area contributed by atoms with Crippen LogP contribution in [0.4, 0.5) is 5.69 Å². The van der Waals surface area contributed by atoms with Crippen LogP contribution in [0.3, 0.4) is 0 Å². The first-order chi connectivity index (χ1) is 15.8. The first-order valence-corrected chi connectivity index (χ1v) is 10.7. The van der Waals surface area contributed by atoms with E-state index in [2.05, 4.69) is 97.1 Å². The minimum absolute atomic E-state index is 0.770. The van der Waals surface area contributed by atoms with Gasteiger partial charge >= 0.3 is 0 Å². The standard InChI is InChI=1S/C30H21NO/c31-24-17-15-20(16-18-24)22-9-4-10-23(19-22)26-12-6-14-28-27-13-5-11-25(29(27)32-30(26)28)21-7-2-1-3-8-21/h1-19H,31H2. The monoisotopic (exact) mass is 411 g/mol. The van der Waals surface area contributed by atoms with E-state index >= 15 is 0 Å². The highest BCUT2D eigenvalue weighted by molar-refractivity contribution is 6.13. The Balaban J connectivity index is 1.55. The Morgan fingerprint density at radius 3 is 1.69 bits per heavy atom. The highest BCUT2D eigenvalue weighted by Gasteiger charge is 2.15. The highest BCUT2D eigenvalue weighted by atomic mass is 16.3. The lowest BCUT2D eigenvalue weighted by Crippen LogP contribution is -1.85. The number of para-hydroxylation sites is 2. The molecule has 6 rings (SSSR count). The van der Waals surface area contributed by atoms with Gasteiger partial charge in [0.05, 0.1) is 0 Å². The zero-order chi connectivity index (χ0) is 21.5. The first kappa shape index (κ1) is 18.5. The van der Waals surface area contributed by atoms with Gasteiger partial charge in [0, 0.05) is 27.6 Å². The summed E-state index contributed by atoms with van der Waals surface area (Å²) in [5, 5.41) is 2.27. The zero-order valence-electron chi connectivity index (χ0n) is 17.5. The molecule has 0 aliphatic rings. The molecule has 152 valence electrons. The molecule has 0 aliphatic heterocycles. The second-order valence-electron chi connectivity index (χ2n) is 8.04. The lowest BCUT2D eigenvalue weighted by Gasteiger charge is -2.07. The lowest BCUT2D eigenvalue weighted by molar-refractivity contribution is 0.671. The predicted molar refractivity (Wildman–Crippen MR) is 134 cm³/mol. The van der Waals surface area contributed by atoms with Crippen LogP contribution in [0.1, 0.15) is 0 Å². The van der Waals surface area contributed by atoms with E-state index in [0.717, 1.165) is 61.0 Å². The maximum Gasteiger partial charge on any atom is 0.143 e. The van der Waals surface area contributed by atoms with E-state index in [1.807, 2.05) is 18.2 Å². The lowest BCUT2D eigenvalue weighted by atomic mass is 9.97. The summed E-state index contributed by atoms with van der Waals surface area (Å²) < 4.78 is 6.57. The van der Waals surface area contributed by atoms with Crippen molar-refractivity contribution in [1.29, 1.82) is 0 Å². The van der Waals surface area contributed by atoms with Gasteiger partial charge in [-0.25, -0.2) is 0 Å². The van der Waals surface area contributed by atoms with Crippen molar-refractivity contribution in [3.05, 3.63) is 115 Å². The second kappa shape index (κ2) is 7.44. The number of hydrogen-bond donors (Lipinski definition) is 1. The summed E-state index contributed by atoms with van der Waals surface area (Å²) in [7, 11) is 0. The smallest absolute Gasteiger partial charge is 0.143 e. The molecule has 0 fully saturated rings. The summed E-state index contributed by atoms with van der Waals surface area (Å²) in [6.07, 6.45) is 0. The number of furan rings is 1. The Kier molecular flexibility index (Phi) is 4.29. The molecule has 32 heavy (non-hydrogen) atoms. The molecule has 0 amide bonds. The van der Waals surface area contributed by atoms with Crippen molar-refractivity contribution in [3.8, 4) is 33.4 Å². The van der Waals surface area contributed by atoms with Gasteiger partial charge in [-0.2, -0.15) is 0 Å². The van der Waals surface area contributed by atoms with Crippen LogP contribution >= 0.6 is 0 Å². The summed E-state index contributed by atoms with van der Waals surface area (Å²) in [6.45, 7) is 0. The summed E-state index contributed by atoms with van der Waals surface area (Å²) in [6, 6.07) is 39.7. The molecule has 0 spiro atoms. The van der Waals surface area contributed by atoms with Crippen LogP contribution < -0.4 is 5.73 Å². The molecule has 0 radical (unpaired) electrons. The molecule has 0 unspecified atom stereocenters. The van der Waals surface area contributed by atoms with Crippen molar-refractivity contribution in [2.45, 2.75) is 0 Å². The fraction of sp³-hybridized carbons (Fsp3) is 0. The van der Waals surface area contributed by atoms with E-state index in [-0.39, 0.29) is 0 Å². The number of nitrogen functional groups attached to an aromatic ring is 1. The SMILES string of the molecule is Nc1ccc(-c2cccc(-c3cccc4c3oc3c(-c5ccccc5)cccc34)c2)cc1. The van der Waals surface area contributed by atoms with Gasteiger partial charge in [0.25, 0.3) is 0 Å². The normalized spacial score (nSPS) is 11.2. The van der Waals surface area contributed by atoms with Crippen molar-refractivity contribution in [2.75, 3.05) is 5.73 Å². The molecule has 0 saturated carbocycles. The van der Waals surface area contributed by atoms with Crippen molar-refractivity contribution in [2.24, 2.45) is 0 Å². The van der Waals surface area contributed by atoms with Crippen LogP contribution in [0.2, 0.25) is 0 Å². The van der Waals surface area contributed by atoms with E-state index in [0.29, 0.717) is 0 Å². The molecule has 0 saturated heterocycles. The number of anilines is 1. The number of hydrogen-bond acceptors (Lipinski definition) is 2. The van der Waals surface area contributed by atoms with Gasteiger partial charge in [0.1, 0.15) is 11.2 Å². The number of nitrogens with two attached hydrogens (primary N) is 1. The van der Waals surface area contributed by atoms with Crippen LogP contribution in [0.5, 0.6) is 0 Å². The van der Waals surface area contributed by atoms with Gasteiger partial charge in [-0.15, -0.1) is 0 Å². The fourth-order valence-electron chi connectivity index (χ4n) is 4.43. The van der Waals surface area contributed by atoms with Crippen molar-refractivity contribution in [1.82, 2.24) is 0 Å². The van der Waals surface area contributed by atoms with E-state index in [9.17, 15) is 0 Å². The number of fused-ring (bicyclic) bond motifs is 3. The van der Waals surface area contributed by atoms with Gasteiger partial charge in [-0.3, -0.25) is 0 Å². The minimum Gasteiger partial charge on any atom is -0.455 e. The summed E-state index contributed by atoms with van der Waals surface area (Å²) in [4.78, 5) is 0. The van der Waals surface area contributed by atoms with Gasteiger partial charge in [0.2, 0.25) is 0 Å². The maximum absolute atomic E-state index is 6.57. The van der Waals surface area contributed by atoms with Crippen molar-refractivity contribution < 1.29 is 4.42 Å². The van der Waals surface area contributed by atoms with E-state index in [1.54, 1.807) is 0 Å². The van der Waals surface area contributed by atoms with Gasteiger partial charge < -0.3 is 10.2 Å². The maximum atomic E-state index is 6.57. The van der Waals surface area contributed by atoms with Crippen molar-refractivity contribution in [3.63, 3.8) is 0 Å². The largest absolute Gasteiger partial charge is 0.455 e. The summed E-state index contributed by atoms with van der Waals surface area (Å²) >= 11 is 0. The number of rotatable bonds is 3. The molecule has 2 nitrogen and oxygen atoms in total. The van der Waals surface area contributed by atoms with Gasteiger partial charge in [-0.05, 0) is 40.5 Å². The Labute approximate surface area is 186 Å². The van der Waals surface area contributed by atoms with Crippen LogP contribution in [0, 0.1) is 0 Å². The number of benzene rings is 5. The topological polar surface area (TPSA) is 39.2 Å². The van der Waals surface area contributed by atoms with Crippen LogP contribution in [-0.4, -0.2) is 0 Å². The molecule has 2 heteroatoms. The summed E-state index contributed by atoms with van der Waals surface area (Å²) in [5.74, 6) is 0. The first-order valence-electron chi connectivity index (χ1n) is 10.7. The van der Waals surface area contributed by atoms with E-state index < -0.39 is 0 Å². The Hall–Kier alpha value is -4.30. The van der Waals surface area contributed by atoms with Gasteiger partial charge in [-0.1, -0.05) is 97.1 Å². The van der Waals surface area contributed by atoms with Crippen LogP contribution in [-0.2, 0) is 0 Å². The molecule has 2 N–H and O–H groups in total. The third-order valence-electron chi connectivity index (χ3n) is 6.03. The average molecular weight is 412 g/mol. The Bertz CT molecular complexity index is 1560. The van der Waals surface area contributed by atoms with Gasteiger partial charge in [0.15, 0.2) is 0 Å². The fourth-order valence-corrected chi connectivity index (χ4v) is 4.43. The van der Waals surface area contributed by atoms with E-state index in [4.69, 9.17) is 10.2 Å². The quantitative estimate of drug-likeness (QED) is 0.298. The molecule has 5 aromatic carbocycles. The van der Waals surface area contributed by atoms with E-state index in [1.165, 1.54) is 0 Å². The molecule has 0 bridgehead atoms. The molecular weight excluding hydrogens is 390 g/mol. The summed E-state index contributed by atoms with van der Waals surface area (Å²) in [5.41, 5.74) is 15.3. The molecule has 1 aromatic heterocycles. The highest BCUT2D eigenvalue weighted by Crippen LogP contribution is 2.40. The third-order valence-corrected chi connectivity index (χ3v) is 6.03. The predicted octanol–water partition coefficient (Wildman–Crippen LogP) is 8.17. The third kappa shape index (κ3) is 3.05. The zero-order valence-corrected chi connectivity index (χ0v) is 17.5. The van der Waals surface area contributed by atoms with Crippen molar-refractivity contribution >= 4 is 27.6 Å². The molecule has 6 aromatic rings. The average Bonchev–Trinajstić information content (AvgIpc) is 3.24. The Morgan fingerprint density at radius 1 is 0.438 bits per heavy atom.